The molecule has 2 atom stereocenters. The van der Waals surface area contributed by atoms with Gasteiger partial charge in [0.25, 0.3) is 0 Å². The zero-order chi connectivity index (χ0) is 26.3. The van der Waals surface area contributed by atoms with Gasteiger partial charge in [-0.2, -0.15) is 0 Å². The van der Waals surface area contributed by atoms with E-state index in [9.17, 15) is 23.9 Å². The maximum Gasteiger partial charge on any atom is 0.245 e. The van der Waals surface area contributed by atoms with Crippen LogP contribution in [-0.4, -0.2) is 71.9 Å². The molecule has 0 aliphatic carbocycles. The normalized spacial score (nSPS) is 16.6. The molecule has 2 aromatic rings. The first-order chi connectivity index (χ1) is 17.1. The van der Waals surface area contributed by atoms with Crippen LogP contribution in [0.1, 0.15) is 37.8 Å². The van der Waals surface area contributed by atoms with E-state index in [0.29, 0.717) is 24.2 Å². The minimum atomic E-state index is -1.41. The van der Waals surface area contributed by atoms with Gasteiger partial charge in [0.05, 0.1) is 17.7 Å². The second-order valence-electron chi connectivity index (χ2n) is 9.49. The highest BCUT2D eigenvalue weighted by Crippen LogP contribution is 2.25. The van der Waals surface area contributed by atoms with Crippen molar-refractivity contribution in [3.05, 3.63) is 65.5 Å². The molecular weight excluding hydrogens is 463 g/mol. The fourth-order valence-electron chi connectivity index (χ4n) is 4.17. The summed E-state index contributed by atoms with van der Waals surface area (Å²) in [7, 11) is 1.99. The summed E-state index contributed by atoms with van der Waals surface area (Å²) in [6.07, 6.45) is 0.117. The highest BCUT2D eigenvalue weighted by Gasteiger charge is 2.29. The molecule has 36 heavy (non-hydrogen) atoms. The summed E-state index contributed by atoms with van der Waals surface area (Å²) in [5, 5.41) is 16.0. The number of anilines is 1. The zero-order valence-electron chi connectivity index (χ0n) is 21.1. The Kier molecular flexibility index (Phi) is 9.17. The Balaban J connectivity index is 1.67. The number of carbonyl (C=O) groups is 3. The second-order valence-corrected chi connectivity index (χ2v) is 9.49. The van der Waals surface area contributed by atoms with Crippen LogP contribution in [0, 0.1) is 5.82 Å². The molecule has 3 amide bonds. The minimum absolute atomic E-state index is 0.0212. The molecule has 1 aliphatic rings. The van der Waals surface area contributed by atoms with Crippen LogP contribution >= 0.6 is 0 Å². The smallest absolute Gasteiger partial charge is 0.245 e. The highest BCUT2D eigenvalue weighted by molar-refractivity contribution is 5.91. The van der Waals surface area contributed by atoms with Gasteiger partial charge in [-0.25, -0.2) is 4.39 Å². The van der Waals surface area contributed by atoms with Crippen LogP contribution in [0.25, 0.3) is 0 Å². The van der Waals surface area contributed by atoms with Crippen molar-refractivity contribution in [2.45, 2.75) is 44.8 Å². The van der Waals surface area contributed by atoms with Crippen LogP contribution in [0.3, 0.4) is 0 Å². The Morgan fingerprint density at radius 3 is 2.33 bits per heavy atom. The summed E-state index contributed by atoms with van der Waals surface area (Å²) in [4.78, 5) is 41.6. The third-order valence-corrected chi connectivity index (χ3v) is 6.42. The molecule has 3 N–H and O–H groups in total. The molecule has 3 rings (SSSR count). The number of nitrogens with zero attached hydrogens (tertiary/aromatic N) is 2. The van der Waals surface area contributed by atoms with Gasteiger partial charge < -0.3 is 25.5 Å². The maximum atomic E-state index is 14.9. The fourth-order valence-corrected chi connectivity index (χ4v) is 4.17. The second kappa shape index (κ2) is 12.1. The van der Waals surface area contributed by atoms with Crippen molar-refractivity contribution < 1.29 is 23.9 Å². The van der Waals surface area contributed by atoms with Gasteiger partial charge in [-0.05, 0) is 37.2 Å². The number of hydrogen-bond acceptors (Lipinski definition) is 5. The van der Waals surface area contributed by atoms with E-state index in [0.717, 1.165) is 13.1 Å². The van der Waals surface area contributed by atoms with E-state index in [-0.39, 0.29) is 36.8 Å². The zero-order valence-corrected chi connectivity index (χ0v) is 21.1. The van der Waals surface area contributed by atoms with Crippen molar-refractivity contribution in [3.63, 3.8) is 0 Å². The van der Waals surface area contributed by atoms with Gasteiger partial charge in [0, 0.05) is 39.0 Å². The van der Waals surface area contributed by atoms with E-state index in [4.69, 9.17) is 0 Å². The van der Waals surface area contributed by atoms with Gasteiger partial charge >= 0.3 is 0 Å². The molecule has 194 valence electrons. The number of benzene rings is 2. The summed E-state index contributed by atoms with van der Waals surface area (Å²) in [6, 6.07) is 12.3. The van der Waals surface area contributed by atoms with Crippen LogP contribution in [0.2, 0.25) is 0 Å². The average Bonchev–Trinajstić information content (AvgIpc) is 2.85. The predicted molar refractivity (Wildman–Crippen MR) is 136 cm³/mol. The molecule has 0 aromatic heterocycles. The lowest BCUT2D eigenvalue weighted by molar-refractivity contribution is -0.137. The first-order valence-electron chi connectivity index (χ1n) is 12.2. The lowest BCUT2D eigenvalue weighted by Gasteiger charge is -2.34. The standard InChI is InChI=1S/C27H35FN4O4/c1-4-24(33)30-23(26(35)32-14-12-31(3)13-15-32)17-19-10-11-22(21(28)16-19)29-25(34)18-27(2,36)20-8-6-5-7-9-20/h5-11,16,23,36H,4,12-15,17-18H2,1-3H3,(H,29,34)(H,30,33)/t23-,27-/m1/s1. The van der Waals surface area contributed by atoms with Crippen molar-refractivity contribution >= 4 is 23.4 Å². The van der Waals surface area contributed by atoms with Crippen molar-refractivity contribution in [3.8, 4) is 0 Å². The van der Waals surface area contributed by atoms with Crippen molar-refractivity contribution in [1.29, 1.82) is 0 Å². The van der Waals surface area contributed by atoms with Gasteiger partial charge in [0.1, 0.15) is 11.9 Å². The van der Waals surface area contributed by atoms with Gasteiger partial charge in [-0.3, -0.25) is 14.4 Å². The molecule has 0 unspecified atom stereocenters. The Morgan fingerprint density at radius 2 is 1.72 bits per heavy atom. The number of carbonyl (C=O) groups excluding carboxylic acids is 3. The quantitative estimate of drug-likeness (QED) is 0.492. The Labute approximate surface area is 211 Å². The Hall–Kier alpha value is -3.30. The lowest BCUT2D eigenvalue weighted by Crippen LogP contribution is -2.54. The number of piperazine rings is 1. The molecule has 0 saturated carbocycles. The van der Waals surface area contributed by atoms with E-state index in [1.807, 2.05) is 13.1 Å². The monoisotopic (exact) mass is 498 g/mol. The van der Waals surface area contributed by atoms with E-state index in [2.05, 4.69) is 15.5 Å². The van der Waals surface area contributed by atoms with E-state index >= 15 is 0 Å². The summed E-state index contributed by atoms with van der Waals surface area (Å²) in [6.45, 7) is 5.88. The number of aliphatic hydroxyl groups is 1. The fraction of sp³-hybridized carbons (Fsp3) is 0.444. The number of nitrogens with one attached hydrogen (secondary N) is 2. The first-order valence-corrected chi connectivity index (χ1v) is 12.2. The molecule has 0 bridgehead atoms. The van der Waals surface area contributed by atoms with Crippen LogP contribution in [-0.2, 0) is 26.4 Å². The largest absolute Gasteiger partial charge is 0.385 e. The molecule has 1 fully saturated rings. The maximum absolute atomic E-state index is 14.9. The number of rotatable bonds is 9. The molecule has 1 aliphatic heterocycles. The van der Waals surface area contributed by atoms with Gasteiger partial charge in [-0.15, -0.1) is 0 Å². The summed E-state index contributed by atoms with van der Waals surface area (Å²) < 4.78 is 14.9. The van der Waals surface area contributed by atoms with Gasteiger partial charge in [-0.1, -0.05) is 43.3 Å². The molecule has 0 spiro atoms. The molecule has 9 heteroatoms. The van der Waals surface area contributed by atoms with Crippen LogP contribution in [0.15, 0.2) is 48.5 Å². The number of amides is 3. The molecular formula is C27H35FN4O4. The van der Waals surface area contributed by atoms with Crippen LogP contribution < -0.4 is 10.6 Å². The van der Waals surface area contributed by atoms with Crippen molar-refractivity contribution in [1.82, 2.24) is 15.1 Å². The number of halogens is 1. The first kappa shape index (κ1) is 27.3. The topological polar surface area (TPSA) is 102 Å². The predicted octanol–water partition coefficient (Wildman–Crippen LogP) is 2.27. The summed E-state index contributed by atoms with van der Waals surface area (Å²) in [5.41, 5.74) is -0.324. The average molecular weight is 499 g/mol. The molecule has 8 nitrogen and oxygen atoms in total. The van der Waals surface area contributed by atoms with Gasteiger partial charge in [0.2, 0.25) is 17.7 Å². The van der Waals surface area contributed by atoms with Crippen molar-refractivity contribution in [2.75, 3.05) is 38.5 Å². The highest BCUT2D eigenvalue weighted by atomic mass is 19.1. The van der Waals surface area contributed by atoms with Crippen LogP contribution in [0.5, 0.6) is 0 Å². The Morgan fingerprint density at radius 1 is 1.06 bits per heavy atom. The third kappa shape index (κ3) is 7.35. The minimum Gasteiger partial charge on any atom is -0.385 e. The van der Waals surface area contributed by atoms with E-state index in [1.165, 1.54) is 19.1 Å². The van der Waals surface area contributed by atoms with E-state index < -0.39 is 23.4 Å². The molecule has 1 heterocycles. The van der Waals surface area contributed by atoms with Crippen molar-refractivity contribution in [2.24, 2.45) is 0 Å². The summed E-state index contributed by atoms with van der Waals surface area (Å²) >= 11 is 0. The van der Waals surface area contributed by atoms with E-state index in [1.54, 1.807) is 42.2 Å². The number of likely N-dealkylation sites (N-methyl/N-ethyl adjacent to an activating group) is 1. The SMILES string of the molecule is CCC(=O)N[C@H](Cc1ccc(NC(=O)C[C@@](C)(O)c2ccccc2)c(F)c1)C(=O)N1CCN(C)CC1. The lowest BCUT2D eigenvalue weighted by atomic mass is 9.92. The summed E-state index contributed by atoms with van der Waals surface area (Å²) in [5.74, 6) is -1.63. The molecule has 0 radical (unpaired) electrons. The van der Waals surface area contributed by atoms with Crippen LogP contribution in [0.4, 0.5) is 10.1 Å². The number of hydrogen-bond donors (Lipinski definition) is 3. The van der Waals surface area contributed by atoms with Gasteiger partial charge in [0.15, 0.2) is 0 Å². The Bertz CT molecular complexity index is 1070. The molecule has 2 aromatic carbocycles. The third-order valence-electron chi connectivity index (χ3n) is 6.42. The molecule has 1 saturated heterocycles.